The van der Waals surface area contributed by atoms with Crippen LogP contribution in [-0.4, -0.2) is 62.0 Å². The number of sulfonamides is 1. The molecule has 0 aromatic rings. The van der Waals surface area contributed by atoms with Crippen molar-refractivity contribution in [2.45, 2.75) is 13.3 Å². The van der Waals surface area contributed by atoms with Crippen LogP contribution in [0.25, 0.3) is 0 Å². The van der Waals surface area contributed by atoms with Gasteiger partial charge in [0.05, 0.1) is 12.3 Å². The highest BCUT2D eigenvalue weighted by atomic mass is 32.2. The molecular formula is C9H19N3O3S. The molecule has 1 fully saturated rings. The minimum Gasteiger partial charge on any atom is -0.339 e. The standard InChI is InChI=1S/C9H19N3O3S/c1-2-7-16(14,15)12-5-3-11(4-6-12)9(13)8-10/h2-8,10H2,1H3. The molecule has 1 rings (SSSR count). The van der Waals surface area contributed by atoms with E-state index in [4.69, 9.17) is 5.73 Å². The molecular weight excluding hydrogens is 230 g/mol. The summed E-state index contributed by atoms with van der Waals surface area (Å²) >= 11 is 0. The van der Waals surface area contributed by atoms with E-state index in [9.17, 15) is 13.2 Å². The fraction of sp³-hybridized carbons (Fsp3) is 0.889. The van der Waals surface area contributed by atoms with Gasteiger partial charge in [0.15, 0.2) is 0 Å². The van der Waals surface area contributed by atoms with Crippen molar-refractivity contribution in [1.82, 2.24) is 9.21 Å². The third-order valence-corrected chi connectivity index (χ3v) is 4.70. The summed E-state index contributed by atoms with van der Waals surface area (Å²) in [6, 6.07) is 0. The third-order valence-electron chi connectivity index (χ3n) is 2.62. The van der Waals surface area contributed by atoms with Gasteiger partial charge in [-0.1, -0.05) is 6.92 Å². The van der Waals surface area contributed by atoms with E-state index in [-0.39, 0.29) is 18.2 Å². The summed E-state index contributed by atoms with van der Waals surface area (Å²) in [6.07, 6.45) is 0.615. The van der Waals surface area contributed by atoms with Crippen LogP contribution in [0, 0.1) is 0 Å². The topological polar surface area (TPSA) is 83.7 Å². The van der Waals surface area contributed by atoms with Crippen LogP contribution in [0.1, 0.15) is 13.3 Å². The van der Waals surface area contributed by atoms with Crippen molar-refractivity contribution in [1.29, 1.82) is 0 Å². The Hall–Kier alpha value is -0.660. The van der Waals surface area contributed by atoms with Crippen LogP contribution < -0.4 is 5.73 Å². The second-order valence-corrected chi connectivity index (χ2v) is 5.89. The van der Waals surface area contributed by atoms with Crippen LogP contribution in [-0.2, 0) is 14.8 Å². The summed E-state index contributed by atoms with van der Waals surface area (Å²) in [6.45, 7) is 3.48. The lowest BCUT2D eigenvalue weighted by atomic mass is 10.3. The molecule has 0 spiro atoms. The Labute approximate surface area is 96.4 Å². The molecule has 94 valence electrons. The van der Waals surface area contributed by atoms with E-state index in [2.05, 4.69) is 0 Å². The number of nitrogens with zero attached hydrogens (tertiary/aromatic N) is 2. The van der Waals surface area contributed by atoms with Gasteiger partial charge in [-0.15, -0.1) is 0 Å². The average molecular weight is 249 g/mol. The van der Waals surface area contributed by atoms with Crippen LogP contribution in [0.5, 0.6) is 0 Å². The minimum atomic E-state index is -3.13. The van der Waals surface area contributed by atoms with Gasteiger partial charge >= 0.3 is 0 Å². The maximum absolute atomic E-state index is 11.7. The zero-order chi connectivity index (χ0) is 12.2. The first-order valence-corrected chi connectivity index (χ1v) is 7.08. The Bertz CT molecular complexity index is 334. The molecule has 2 N–H and O–H groups in total. The molecule has 0 aromatic carbocycles. The summed E-state index contributed by atoms with van der Waals surface area (Å²) < 4.78 is 24.9. The summed E-state index contributed by atoms with van der Waals surface area (Å²) in [4.78, 5) is 12.9. The molecule has 7 heteroatoms. The van der Waals surface area contributed by atoms with E-state index < -0.39 is 10.0 Å². The Morgan fingerprint density at radius 2 is 1.81 bits per heavy atom. The predicted molar refractivity (Wildman–Crippen MR) is 61.3 cm³/mol. The number of amides is 1. The maximum atomic E-state index is 11.7. The summed E-state index contributed by atoms with van der Waals surface area (Å²) in [5, 5.41) is 0. The van der Waals surface area contributed by atoms with E-state index in [1.165, 1.54) is 4.31 Å². The minimum absolute atomic E-state index is 0.0122. The molecule has 1 aliphatic heterocycles. The highest BCUT2D eigenvalue weighted by molar-refractivity contribution is 7.89. The zero-order valence-corrected chi connectivity index (χ0v) is 10.4. The highest BCUT2D eigenvalue weighted by Crippen LogP contribution is 2.08. The van der Waals surface area contributed by atoms with Crippen molar-refractivity contribution < 1.29 is 13.2 Å². The first-order valence-electron chi connectivity index (χ1n) is 5.47. The van der Waals surface area contributed by atoms with Crippen molar-refractivity contribution >= 4 is 15.9 Å². The summed E-state index contributed by atoms with van der Waals surface area (Å²) in [7, 11) is -3.13. The van der Waals surface area contributed by atoms with E-state index in [0.717, 1.165) is 0 Å². The van der Waals surface area contributed by atoms with Gasteiger partial charge in [0.1, 0.15) is 0 Å². The Balaban J connectivity index is 2.52. The second-order valence-electron chi connectivity index (χ2n) is 3.80. The Morgan fingerprint density at radius 1 is 1.25 bits per heavy atom. The van der Waals surface area contributed by atoms with Crippen molar-refractivity contribution in [2.75, 3.05) is 38.5 Å². The quantitative estimate of drug-likeness (QED) is 0.680. The average Bonchev–Trinajstić information content (AvgIpc) is 2.28. The monoisotopic (exact) mass is 249 g/mol. The molecule has 1 aliphatic rings. The van der Waals surface area contributed by atoms with Gasteiger partial charge in [-0.3, -0.25) is 4.79 Å². The second kappa shape index (κ2) is 5.60. The molecule has 1 saturated heterocycles. The molecule has 0 aliphatic carbocycles. The van der Waals surface area contributed by atoms with Gasteiger partial charge in [0.25, 0.3) is 0 Å². The first kappa shape index (κ1) is 13.4. The lowest BCUT2D eigenvalue weighted by Gasteiger charge is -2.33. The fourth-order valence-electron chi connectivity index (χ4n) is 1.73. The predicted octanol–water partition coefficient (Wildman–Crippen LogP) is -1.17. The molecule has 0 aromatic heterocycles. The van der Waals surface area contributed by atoms with Crippen LogP contribution in [0.4, 0.5) is 0 Å². The Kier molecular flexibility index (Phi) is 4.69. The van der Waals surface area contributed by atoms with Crippen molar-refractivity contribution in [3.8, 4) is 0 Å². The fourth-order valence-corrected chi connectivity index (χ4v) is 3.23. The van der Waals surface area contributed by atoms with Gasteiger partial charge < -0.3 is 10.6 Å². The molecule has 0 saturated carbocycles. The van der Waals surface area contributed by atoms with Gasteiger partial charge in [-0.05, 0) is 6.42 Å². The van der Waals surface area contributed by atoms with Gasteiger partial charge in [0, 0.05) is 26.2 Å². The number of piperazine rings is 1. The van der Waals surface area contributed by atoms with Gasteiger partial charge in [-0.2, -0.15) is 4.31 Å². The lowest BCUT2D eigenvalue weighted by Crippen LogP contribution is -2.52. The van der Waals surface area contributed by atoms with E-state index in [0.29, 0.717) is 32.6 Å². The number of hydrogen-bond acceptors (Lipinski definition) is 4. The van der Waals surface area contributed by atoms with E-state index in [1.807, 2.05) is 6.92 Å². The molecule has 0 unspecified atom stereocenters. The number of nitrogens with two attached hydrogens (primary N) is 1. The van der Waals surface area contributed by atoms with Gasteiger partial charge in [-0.25, -0.2) is 8.42 Å². The number of rotatable bonds is 4. The van der Waals surface area contributed by atoms with Crippen LogP contribution >= 0.6 is 0 Å². The van der Waals surface area contributed by atoms with E-state index in [1.54, 1.807) is 4.90 Å². The number of carbonyl (C=O) groups excluding carboxylic acids is 1. The molecule has 0 atom stereocenters. The number of carbonyl (C=O) groups is 1. The smallest absolute Gasteiger partial charge is 0.236 e. The first-order chi connectivity index (χ1) is 7.51. The summed E-state index contributed by atoms with van der Waals surface area (Å²) in [5.74, 6) is 0.0604. The highest BCUT2D eigenvalue weighted by Gasteiger charge is 2.27. The van der Waals surface area contributed by atoms with Crippen LogP contribution in [0.15, 0.2) is 0 Å². The molecule has 0 bridgehead atoms. The van der Waals surface area contributed by atoms with Gasteiger partial charge in [0.2, 0.25) is 15.9 Å². The van der Waals surface area contributed by atoms with E-state index >= 15 is 0 Å². The third kappa shape index (κ3) is 3.16. The molecule has 1 amide bonds. The largest absolute Gasteiger partial charge is 0.339 e. The lowest BCUT2D eigenvalue weighted by molar-refractivity contribution is -0.130. The Morgan fingerprint density at radius 3 is 2.25 bits per heavy atom. The van der Waals surface area contributed by atoms with Crippen molar-refractivity contribution in [3.05, 3.63) is 0 Å². The normalized spacial score (nSPS) is 18.8. The zero-order valence-electron chi connectivity index (χ0n) is 9.55. The van der Waals surface area contributed by atoms with Crippen LogP contribution in [0.3, 0.4) is 0 Å². The SMILES string of the molecule is CCCS(=O)(=O)N1CCN(C(=O)CN)CC1. The molecule has 1 heterocycles. The summed E-state index contributed by atoms with van der Waals surface area (Å²) in [5.41, 5.74) is 5.25. The molecule has 6 nitrogen and oxygen atoms in total. The number of hydrogen-bond donors (Lipinski definition) is 1. The maximum Gasteiger partial charge on any atom is 0.236 e. The molecule has 16 heavy (non-hydrogen) atoms. The van der Waals surface area contributed by atoms with Crippen molar-refractivity contribution in [3.63, 3.8) is 0 Å². The van der Waals surface area contributed by atoms with Crippen molar-refractivity contribution in [2.24, 2.45) is 5.73 Å². The van der Waals surface area contributed by atoms with Crippen LogP contribution in [0.2, 0.25) is 0 Å². The molecule has 0 radical (unpaired) electrons.